The number of rotatable bonds is 3. The Morgan fingerprint density at radius 1 is 0.500 bits per heavy atom. The Morgan fingerprint density at radius 3 is 1.09 bits per heavy atom. The number of aromatic hydroxyl groups is 1. The second kappa shape index (κ2) is 11.7. The van der Waals surface area contributed by atoms with Gasteiger partial charge >= 0.3 is 29.6 Å². The fourth-order valence-corrected chi connectivity index (χ4v) is 3.45. The molecule has 3 rings (SSSR count). The molecule has 0 aromatic heterocycles. The van der Waals surface area contributed by atoms with E-state index in [9.17, 15) is 0 Å². The number of para-hydroxylation sites is 1. The molecule has 0 amide bonds. The van der Waals surface area contributed by atoms with Crippen molar-refractivity contribution in [2.75, 3.05) is 0 Å². The zero-order valence-corrected chi connectivity index (χ0v) is 13.1. The Balaban J connectivity index is 0.000000258. The van der Waals surface area contributed by atoms with Crippen molar-refractivity contribution in [3.63, 3.8) is 0 Å². The first-order valence-electron chi connectivity index (χ1n) is 6.53. The minimum Gasteiger partial charge on any atom is -0.0622 e. The number of phenolic OH excluding ortho intramolecular Hbond substituents is 1. The predicted molar refractivity (Wildman–Crippen MR) is 99.9 cm³/mol. The largest absolute Gasteiger partial charge is 0.0622 e. The number of hydrogen-bond acceptors (Lipinski definition) is 3. The van der Waals surface area contributed by atoms with E-state index < -0.39 is 0 Å². The van der Waals surface area contributed by atoms with Crippen LogP contribution in [0.15, 0.2) is 101 Å². The summed E-state index contributed by atoms with van der Waals surface area (Å²) < 4.78 is 0. The van der Waals surface area contributed by atoms with E-state index >= 15 is 0 Å². The molecule has 0 saturated heterocycles. The molecule has 0 saturated carbocycles. The van der Waals surface area contributed by atoms with Crippen LogP contribution in [0.4, 0.5) is 0 Å². The third-order valence-corrected chi connectivity index (χ3v) is 4.89. The van der Waals surface area contributed by atoms with Crippen LogP contribution in [0.2, 0.25) is 0 Å². The molecule has 0 bridgehead atoms. The monoisotopic (exact) mass is 336 g/mol. The third kappa shape index (κ3) is 7.97. The molecule has 4 heteroatoms. The van der Waals surface area contributed by atoms with Gasteiger partial charge in [0.1, 0.15) is 5.75 Å². The molecular formula is C18H17NaOS2. The van der Waals surface area contributed by atoms with Crippen molar-refractivity contribution in [2.24, 2.45) is 0 Å². The van der Waals surface area contributed by atoms with Gasteiger partial charge in [0.2, 0.25) is 0 Å². The molecule has 0 unspecified atom stereocenters. The molecule has 0 atom stereocenters. The number of phenols is 1. The van der Waals surface area contributed by atoms with E-state index in [0.717, 1.165) is 0 Å². The van der Waals surface area contributed by atoms with Gasteiger partial charge in [0.25, 0.3) is 0 Å². The first kappa shape index (κ1) is 19.2. The average molecular weight is 336 g/mol. The Kier molecular flexibility index (Phi) is 10.2. The van der Waals surface area contributed by atoms with Gasteiger partial charge in [-0.05, 0) is 36.4 Å². The molecule has 0 aliphatic heterocycles. The molecule has 0 radical (unpaired) electrons. The van der Waals surface area contributed by atoms with Crippen LogP contribution in [0.25, 0.3) is 0 Å². The topological polar surface area (TPSA) is 20.2 Å². The molecule has 3 aromatic rings. The predicted octanol–water partition coefficient (Wildman–Crippen LogP) is 5.23. The maximum Gasteiger partial charge on any atom is 0.0186 e. The minimum atomic E-state index is 0. The zero-order chi connectivity index (χ0) is 14.8. The molecule has 0 spiro atoms. The van der Waals surface area contributed by atoms with E-state index in [-0.39, 0.29) is 29.6 Å². The summed E-state index contributed by atoms with van der Waals surface area (Å²) in [4.78, 5) is 2.59. The minimum absolute atomic E-state index is 0. The summed E-state index contributed by atoms with van der Waals surface area (Å²) in [5, 5.41) is 8.63. The van der Waals surface area contributed by atoms with E-state index in [2.05, 4.69) is 48.5 Å². The smallest absolute Gasteiger partial charge is 0.0186 e. The first-order valence-corrected chi connectivity index (χ1v) is 8.68. The molecule has 1 N–H and O–H groups in total. The van der Waals surface area contributed by atoms with E-state index in [0.29, 0.717) is 5.75 Å². The summed E-state index contributed by atoms with van der Waals surface area (Å²) in [5.74, 6) is 0.322. The summed E-state index contributed by atoms with van der Waals surface area (Å²) in [5.41, 5.74) is 0. The third-order valence-electron chi connectivity index (χ3n) is 2.48. The van der Waals surface area contributed by atoms with Crippen LogP contribution in [0.1, 0.15) is 0 Å². The van der Waals surface area contributed by atoms with Crippen molar-refractivity contribution >= 4 is 51.1 Å². The fraction of sp³-hybridized carbons (Fsp3) is 0. The summed E-state index contributed by atoms with van der Waals surface area (Å²) in [6.45, 7) is 0. The van der Waals surface area contributed by atoms with Gasteiger partial charge in [-0.3, -0.25) is 0 Å². The Hall–Kier alpha value is -0.840. The average Bonchev–Trinajstić information content (AvgIpc) is 2.56. The number of benzene rings is 3. The fourth-order valence-electron chi connectivity index (χ4n) is 1.48. The van der Waals surface area contributed by atoms with Crippen molar-refractivity contribution in [2.45, 2.75) is 9.79 Å². The molecular weight excluding hydrogens is 319 g/mol. The van der Waals surface area contributed by atoms with E-state index in [4.69, 9.17) is 5.11 Å². The van der Waals surface area contributed by atoms with Crippen LogP contribution in [-0.2, 0) is 0 Å². The van der Waals surface area contributed by atoms with Gasteiger partial charge in [-0.25, -0.2) is 0 Å². The van der Waals surface area contributed by atoms with Crippen molar-refractivity contribution < 1.29 is 5.11 Å². The summed E-state index contributed by atoms with van der Waals surface area (Å²) in [6, 6.07) is 29.5. The van der Waals surface area contributed by atoms with Gasteiger partial charge in [-0.2, -0.15) is 0 Å². The molecule has 0 heterocycles. The Bertz CT molecular complexity index is 579. The normalized spacial score (nSPS) is 9.09. The van der Waals surface area contributed by atoms with Gasteiger partial charge < -0.3 is 5.11 Å². The number of hydrogen-bond donors (Lipinski definition) is 1. The molecule has 108 valence electrons. The van der Waals surface area contributed by atoms with Gasteiger partial charge in [0.05, 0.1) is 0 Å². The van der Waals surface area contributed by atoms with Crippen LogP contribution < -0.4 is 0 Å². The van der Waals surface area contributed by atoms with Crippen LogP contribution in [0.3, 0.4) is 0 Å². The summed E-state index contributed by atoms with van der Waals surface area (Å²) in [6.07, 6.45) is 0. The van der Waals surface area contributed by atoms with Crippen molar-refractivity contribution in [3.8, 4) is 5.75 Å². The van der Waals surface area contributed by atoms with E-state index in [1.165, 1.54) is 9.79 Å². The second-order valence-corrected chi connectivity index (χ2v) is 6.40. The first-order chi connectivity index (χ1) is 10.3. The van der Waals surface area contributed by atoms with Crippen LogP contribution in [0.5, 0.6) is 5.75 Å². The van der Waals surface area contributed by atoms with Crippen molar-refractivity contribution in [1.82, 2.24) is 0 Å². The second-order valence-electron chi connectivity index (χ2n) is 4.13. The van der Waals surface area contributed by atoms with Gasteiger partial charge in [-0.1, -0.05) is 76.2 Å². The van der Waals surface area contributed by atoms with Gasteiger partial charge in [0.15, 0.2) is 0 Å². The maximum absolute atomic E-state index is 8.63. The van der Waals surface area contributed by atoms with Crippen molar-refractivity contribution in [3.05, 3.63) is 91.0 Å². The molecule has 0 aliphatic rings. The molecule has 22 heavy (non-hydrogen) atoms. The summed E-state index contributed by atoms with van der Waals surface area (Å²) >= 11 is 0. The molecule has 0 fully saturated rings. The summed E-state index contributed by atoms with van der Waals surface area (Å²) in [7, 11) is 3.58. The van der Waals surface area contributed by atoms with Gasteiger partial charge in [0, 0.05) is 9.79 Å². The molecule has 1 nitrogen and oxygen atoms in total. The molecule has 0 aliphatic carbocycles. The SMILES string of the molecule is Oc1ccccc1.[NaH].c1ccc(SSc2ccccc2)cc1. The van der Waals surface area contributed by atoms with E-state index in [1.54, 1.807) is 45.9 Å². The van der Waals surface area contributed by atoms with Crippen LogP contribution in [0, 0.1) is 0 Å². The molecule has 3 aromatic carbocycles. The van der Waals surface area contributed by atoms with Crippen LogP contribution in [-0.4, -0.2) is 34.7 Å². The Morgan fingerprint density at radius 2 is 0.818 bits per heavy atom. The van der Waals surface area contributed by atoms with Crippen LogP contribution >= 0.6 is 21.6 Å². The van der Waals surface area contributed by atoms with Crippen molar-refractivity contribution in [1.29, 1.82) is 0 Å². The standard InChI is InChI=1S/C12H10S2.C6H6O.Na.H/c1-3-7-11(8-4-1)13-14-12-9-5-2-6-10-12;7-6-4-2-1-3-5-6;;/h1-10H;1-5,7H;;. The van der Waals surface area contributed by atoms with E-state index in [1.807, 2.05) is 18.2 Å². The quantitative estimate of drug-likeness (QED) is 0.522. The zero-order valence-electron chi connectivity index (χ0n) is 11.4. The van der Waals surface area contributed by atoms with Gasteiger partial charge in [-0.15, -0.1) is 0 Å². The maximum atomic E-state index is 8.63. The Labute approximate surface area is 161 Å².